The molecular formula is C12H12N2O2. The largest absolute Gasteiger partial charge is 0.481 e. The Morgan fingerprint density at radius 2 is 2.31 bits per heavy atom. The second-order valence-electron chi connectivity index (χ2n) is 3.58. The van der Waals surface area contributed by atoms with Crippen molar-refractivity contribution in [2.45, 2.75) is 13.3 Å². The van der Waals surface area contributed by atoms with Crippen molar-refractivity contribution < 1.29 is 9.90 Å². The number of carboxylic acid groups (broad SMARTS) is 1. The Bertz CT molecular complexity index is 517. The molecule has 0 spiro atoms. The van der Waals surface area contributed by atoms with Crippen LogP contribution in [0.3, 0.4) is 0 Å². The van der Waals surface area contributed by atoms with Gasteiger partial charge in [-0.25, -0.2) is 4.98 Å². The van der Waals surface area contributed by atoms with Crippen LogP contribution in [0.5, 0.6) is 0 Å². The summed E-state index contributed by atoms with van der Waals surface area (Å²) in [5.41, 5.74) is 1.73. The lowest BCUT2D eigenvalue weighted by Crippen LogP contribution is -2.02. The molecule has 2 aromatic rings. The number of benzene rings is 1. The third-order valence-corrected chi connectivity index (χ3v) is 2.37. The minimum absolute atomic E-state index is 0.0432. The molecule has 0 bridgehead atoms. The summed E-state index contributed by atoms with van der Waals surface area (Å²) in [5.74, 6) is 0.0620. The number of aromatic nitrogens is 2. The lowest BCUT2D eigenvalue weighted by Gasteiger charge is -2.06. The van der Waals surface area contributed by atoms with Gasteiger partial charge in [0, 0.05) is 18.1 Å². The summed E-state index contributed by atoms with van der Waals surface area (Å²) in [4.78, 5) is 14.7. The maximum Gasteiger partial charge on any atom is 0.307 e. The zero-order valence-corrected chi connectivity index (χ0v) is 8.92. The van der Waals surface area contributed by atoms with Gasteiger partial charge in [0.25, 0.3) is 0 Å². The van der Waals surface area contributed by atoms with E-state index in [9.17, 15) is 4.79 Å². The highest BCUT2D eigenvalue weighted by molar-refractivity contribution is 5.70. The highest BCUT2D eigenvalue weighted by atomic mass is 16.4. The first-order valence-corrected chi connectivity index (χ1v) is 4.98. The third kappa shape index (κ3) is 2.11. The number of aliphatic carboxylic acids is 1. The van der Waals surface area contributed by atoms with E-state index in [1.54, 1.807) is 6.20 Å². The van der Waals surface area contributed by atoms with Gasteiger partial charge in [-0.1, -0.05) is 12.1 Å². The molecule has 0 saturated heterocycles. The van der Waals surface area contributed by atoms with E-state index in [0.717, 1.165) is 17.1 Å². The maximum atomic E-state index is 10.6. The molecule has 0 fully saturated rings. The van der Waals surface area contributed by atoms with Gasteiger partial charge >= 0.3 is 5.97 Å². The first-order valence-electron chi connectivity index (χ1n) is 4.98. The zero-order chi connectivity index (χ0) is 11.5. The van der Waals surface area contributed by atoms with E-state index < -0.39 is 5.97 Å². The Morgan fingerprint density at radius 1 is 1.50 bits per heavy atom. The number of rotatable bonds is 3. The predicted molar refractivity (Wildman–Crippen MR) is 59.6 cm³/mol. The van der Waals surface area contributed by atoms with E-state index in [-0.39, 0.29) is 6.42 Å². The summed E-state index contributed by atoms with van der Waals surface area (Å²) in [6, 6.07) is 7.46. The van der Waals surface area contributed by atoms with Crippen molar-refractivity contribution in [2.24, 2.45) is 0 Å². The van der Waals surface area contributed by atoms with Crippen molar-refractivity contribution in [3.8, 4) is 5.69 Å². The Kier molecular flexibility index (Phi) is 2.72. The summed E-state index contributed by atoms with van der Waals surface area (Å²) in [6.07, 6.45) is 3.62. The van der Waals surface area contributed by atoms with Crippen molar-refractivity contribution in [3.05, 3.63) is 48.0 Å². The van der Waals surface area contributed by atoms with Crippen LogP contribution in [0.15, 0.2) is 36.7 Å². The van der Waals surface area contributed by atoms with Gasteiger partial charge in [0.1, 0.15) is 5.82 Å². The number of hydrogen-bond acceptors (Lipinski definition) is 2. The minimum Gasteiger partial charge on any atom is -0.481 e. The molecule has 1 N–H and O–H groups in total. The summed E-state index contributed by atoms with van der Waals surface area (Å²) >= 11 is 0. The average Bonchev–Trinajstić information content (AvgIpc) is 2.64. The van der Waals surface area contributed by atoms with Crippen LogP contribution in [0.4, 0.5) is 0 Å². The minimum atomic E-state index is -0.820. The van der Waals surface area contributed by atoms with Gasteiger partial charge in [-0.2, -0.15) is 0 Å². The van der Waals surface area contributed by atoms with E-state index in [4.69, 9.17) is 5.11 Å². The number of hydrogen-bond donors (Lipinski definition) is 1. The molecule has 0 aliphatic heterocycles. The summed E-state index contributed by atoms with van der Waals surface area (Å²) < 4.78 is 1.92. The Hall–Kier alpha value is -2.10. The molecule has 1 aromatic heterocycles. The highest BCUT2D eigenvalue weighted by Crippen LogP contribution is 2.12. The Morgan fingerprint density at radius 3 is 2.94 bits per heavy atom. The monoisotopic (exact) mass is 216 g/mol. The standard InChI is InChI=1S/C12H12N2O2/c1-9-13-5-6-14(9)11-4-2-3-10(7-11)8-12(15)16/h2-7H,8H2,1H3,(H,15,16). The summed E-state index contributed by atoms with van der Waals surface area (Å²) in [7, 11) is 0. The number of carbonyl (C=O) groups is 1. The normalized spacial score (nSPS) is 10.3. The van der Waals surface area contributed by atoms with E-state index >= 15 is 0 Å². The van der Waals surface area contributed by atoms with E-state index in [1.165, 1.54) is 0 Å². The van der Waals surface area contributed by atoms with E-state index in [0.29, 0.717) is 0 Å². The Balaban J connectivity index is 2.36. The van der Waals surface area contributed by atoms with Crippen LogP contribution in [0, 0.1) is 6.92 Å². The topological polar surface area (TPSA) is 55.1 Å². The smallest absolute Gasteiger partial charge is 0.307 e. The molecule has 4 heteroatoms. The molecular weight excluding hydrogens is 204 g/mol. The van der Waals surface area contributed by atoms with Crippen LogP contribution in [-0.2, 0) is 11.2 Å². The quantitative estimate of drug-likeness (QED) is 0.851. The molecule has 0 unspecified atom stereocenters. The molecule has 0 radical (unpaired) electrons. The number of aryl methyl sites for hydroxylation is 1. The number of carboxylic acids is 1. The fourth-order valence-corrected chi connectivity index (χ4v) is 1.64. The predicted octanol–water partition coefficient (Wildman–Crippen LogP) is 1.81. The average molecular weight is 216 g/mol. The second-order valence-corrected chi connectivity index (χ2v) is 3.58. The maximum absolute atomic E-state index is 10.6. The van der Waals surface area contributed by atoms with Gasteiger partial charge in [0.2, 0.25) is 0 Å². The Labute approximate surface area is 93.2 Å². The molecule has 0 aliphatic rings. The summed E-state index contributed by atoms with van der Waals surface area (Å²) in [5, 5.41) is 8.72. The van der Waals surface area contributed by atoms with Gasteiger partial charge in [-0.3, -0.25) is 4.79 Å². The van der Waals surface area contributed by atoms with Crippen LogP contribution < -0.4 is 0 Å². The first-order chi connectivity index (χ1) is 7.66. The van der Waals surface area contributed by atoms with Crippen LogP contribution >= 0.6 is 0 Å². The van der Waals surface area contributed by atoms with Crippen molar-refractivity contribution in [3.63, 3.8) is 0 Å². The molecule has 16 heavy (non-hydrogen) atoms. The first kappa shape index (κ1) is 10.4. The van der Waals surface area contributed by atoms with E-state index in [1.807, 2.05) is 42.0 Å². The second kappa shape index (κ2) is 4.18. The molecule has 0 aliphatic carbocycles. The van der Waals surface area contributed by atoms with Gasteiger partial charge in [-0.15, -0.1) is 0 Å². The van der Waals surface area contributed by atoms with Crippen LogP contribution in [-0.4, -0.2) is 20.6 Å². The molecule has 1 heterocycles. The van der Waals surface area contributed by atoms with Crippen LogP contribution in [0.2, 0.25) is 0 Å². The SMILES string of the molecule is Cc1nccn1-c1cccc(CC(=O)O)c1. The van der Waals surface area contributed by atoms with Crippen molar-refractivity contribution in [1.29, 1.82) is 0 Å². The van der Waals surface area contributed by atoms with Crippen LogP contribution in [0.25, 0.3) is 5.69 Å². The molecule has 2 rings (SSSR count). The molecule has 0 atom stereocenters. The lowest BCUT2D eigenvalue weighted by molar-refractivity contribution is -0.136. The number of imidazole rings is 1. The van der Waals surface area contributed by atoms with Gasteiger partial charge < -0.3 is 9.67 Å². The van der Waals surface area contributed by atoms with Crippen LogP contribution in [0.1, 0.15) is 11.4 Å². The van der Waals surface area contributed by atoms with Gasteiger partial charge in [0.05, 0.1) is 6.42 Å². The van der Waals surface area contributed by atoms with Crippen molar-refractivity contribution in [1.82, 2.24) is 9.55 Å². The molecule has 82 valence electrons. The molecule has 0 amide bonds. The fourth-order valence-electron chi connectivity index (χ4n) is 1.64. The van der Waals surface area contributed by atoms with Crippen molar-refractivity contribution in [2.75, 3.05) is 0 Å². The highest BCUT2D eigenvalue weighted by Gasteiger charge is 2.04. The molecule has 4 nitrogen and oxygen atoms in total. The third-order valence-electron chi connectivity index (χ3n) is 2.37. The van der Waals surface area contributed by atoms with Gasteiger partial charge in [-0.05, 0) is 24.6 Å². The zero-order valence-electron chi connectivity index (χ0n) is 8.92. The summed E-state index contributed by atoms with van der Waals surface area (Å²) in [6.45, 7) is 1.91. The lowest BCUT2D eigenvalue weighted by atomic mass is 10.1. The van der Waals surface area contributed by atoms with Gasteiger partial charge in [0.15, 0.2) is 0 Å². The molecule has 1 aromatic carbocycles. The fraction of sp³-hybridized carbons (Fsp3) is 0.167. The van der Waals surface area contributed by atoms with Crippen molar-refractivity contribution >= 4 is 5.97 Å². The number of nitrogens with zero attached hydrogens (tertiary/aromatic N) is 2. The molecule has 0 saturated carbocycles. The van der Waals surface area contributed by atoms with E-state index in [2.05, 4.69) is 4.98 Å².